The van der Waals surface area contributed by atoms with Crippen LogP contribution < -0.4 is 10.6 Å². The van der Waals surface area contributed by atoms with Crippen LogP contribution in [0, 0.1) is 0 Å². The van der Waals surface area contributed by atoms with E-state index in [1.165, 1.54) is 0 Å². The van der Waals surface area contributed by atoms with Gasteiger partial charge in [0.1, 0.15) is 10.6 Å². The van der Waals surface area contributed by atoms with Crippen LogP contribution >= 0.6 is 11.3 Å². The SMILES string of the molecule is CCNC(=NCc1csc(-c2ccccc2)n1)NCC(C)(O)c1cnn(C)c1. The van der Waals surface area contributed by atoms with Crippen molar-refractivity contribution in [1.82, 2.24) is 25.4 Å². The lowest BCUT2D eigenvalue weighted by Gasteiger charge is -2.23. The van der Waals surface area contributed by atoms with Crippen molar-refractivity contribution in [3.8, 4) is 10.6 Å². The lowest BCUT2D eigenvalue weighted by molar-refractivity contribution is 0.0616. The van der Waals surface area contributed by atoms with Gasteiger partial charge in [0.05, 0.1) is 25.0 Å². The molecule has 0 fully saturated rings. The first-order valence-electron chi connectivity index (χ1n) is 9.21. The molecule has 3 rings (SSSR count). The zero-order valence-electron chi connectivity index (χ0n) is 16.4. The summed E-state index contributed by atoms with van der Waals surface area (Å²) in [5.74, 6) is 0.640. The number of hydrogen-bond acceptors (Lipinski definition) is 5. The first-order valence-corrected chi connectivity index (χ1v) is 10.1. The summed E-state index contributed by atoms with van der Waals surface area (Å²) >= 11 is 1.61. The molecule has 28 heavy (non-hydrogen) atoms. The van der Waals surface area contributed by atoms with E-state index in [2.05, 4.69) is 37.8 Å². The Morgan fingerprint density at radius 1 is 1.29 bits per heavy atom. The van der Waals surface area contributed by atoms with E-state index in [0.29, 0.717) is 19.0 Å². The van der Waals surface area contributed by atoms with Crippen LogP contribution in [-0.4, -0.2) is 38.9 Å². The molecule has 7 nitrogen and oxygen atoms in total. The predicted octanol–water partition coefficient (Wildman–Crippen LogP) is 2.51. The molecule has 3 N–H and O–H groups in total. The molecule has 8 heteroatoms. The standard InChI is InChI=1S/C20H26N6OS/c1-4-21-19(23-14-20(2,27)16-10-24-26(3)12-16)22-11-17-13-28-18(25-17)15-8-6-5-7-9-15/h5-10,12-13,27H,4,11,14H2,1-3H3,(H2,21,22,23). The quantitative estimate of drug-likeness (QED) is 0.420. The third-order valence-corrected chi connectivity index (χ3v) is 5.18. The van der Waals surface area contributed by atoms with Gasteiger partial charge >= 0.3 is 0 Å². The molecule has 0 spiro atoms. The van der Waals surface area contributed by atoms with Crippen LogP contribution in [0.3, 0.4) is 0 Å². The van der Waals surface area contributed by atoms with Crippen LogP contribution in [0.2, 0.25) is 0 Å². The number of aryl methyl sites for hydroxylation is 1. The lowest BCUT2D eigenvalue weighted by Crippen LogP contribution is -2.44. The van der Waals surface area contributed by atoms with Crippen molar-refractivity contribution in [3.05, 3.63) is 59.4 Å². The molecule has 0 bridgehead atoms. The first kappa shape index (κ1) is 20.0. The molecule has 148 valence electrons. The van der Waals surface area contributed by atoms with Gasteiger partial charge in [0, 0.05) is 36.3 Å². The molecule has 0 amide bonds. The molecule has 2 heterocycles. The molecule has 0 saturated carbocycles. The highest BCUT2D eigenvalue weighted by Gasteiger charge is 2.25. The van der Waals surface area contributed by atoms with E-state index >= 15 is 0 Å². The Balaban J connectivity index is 1.63. The minimum absolute atomic E-state index is 0.316. The molecule has 0 radical (unpaired) electrons. The number of nitrogens with zero attached hydrogens (tertiary/aromatic N) is 4. The summed E-state index contributed by atoms with van der Waals surface area (Å²) in [5, 5.41) is 24.3. The Bertz CT molecular complexity index is 916. The summed E-state index contributed by atoms with van der Waals surface area (Å²) in [6.07, 6.45) is 3.48. The van der Waals surface area contributed by atoms with Gasteiger partial charge in [0.2, 0.25) is 0 Å². The summed E-state index contributed by atoms with van der Waals surface area (Å²) in [7, 11) is 1.83. The predicted molar refractivity (Wildman–Crippen MR) is 113 cm³/mol. The Labute approximate surface area is 169 Å². The monoisotopic (exact) mass is 398 g/mol. The number of guanidine groups is 1. The number of aliphatic imine (C=N–C) groups is 1. The number of aromatic nitrogens is 3. The highest BCUT2D eigenvalue weighted by molar-refractivity contribution is 7.13. The Hall–Kier alpha value is -2.71. The lowest BCUT2D eigenvalue weighted by atomic mass is 10.00. The number of aliphatic hydroxyl groups is 1. The second kappa shape index (κ2) is 8.99. The maximum atomic E-state index is 10.7. The molecule has 3 aromatic rings. The van der Waals surface area contributed by atoms with Crippen LogP contribution in [0.1, 0.15) is 25.1 Å². The highest BCUT2D eigenvalue weighted by Crippen LogP contribution is 2.23. The maximum Gasteiger partial charge on any atom is 0.191 e. The van der Waals surface area contributed by atoms with Gasteiger partial charge in [-0.3, -0.25) is 4.68 Å². The summed E-state index contributed by atoms with van der Waals surface area (Å²) in [6.45, 7) is 5.28. The van der Waals surface area contributed by atoms with E-state index in [-0.39, 0.29) is 0 Å². The average molecular weight is 399 g/mol. The van der Waals surface area contributed by atoms with Crippen molar-refractivity contribution in [1.29, 1.82) is 0 Å². The average Bonchev–Trinajstić information content (AvgIpc) is 3.34. The molecule has 2 aromatic heterocycles. The topological polar surface area (TPSA) is 87.4 Å². The Kier molecular flexibility index (Phi) is 6.43. The Morgan fingerprint density at radius 2 is 2.07 bits per heavy atom. The Morgan fingerprint density at radius 3 is 2.75 bits per heavy atom. The van der Waals surface area contributed by atoms with Crippen molar-refractivity contribution >= 4 is 17.3 Å². The minimum atomic E-state index is -1.05. The van der Waals surface area contributed by atoms with Gasteiger partial charge in [-0.15, -0.1) is 11.3 Å². The fraction of sp³-hybridized carbons (Fsp3) is 0.350. The fourth-order valence-corrected chi connectivity index (χ4v) is 3.47. The fourth-order valence-electron chi connectivity index (χ4n) is 2.65. The summed E-state index contributed by atoms with van der Waals surface area (Å²) < 4.78 is 1.68. The summed E-state index contributed by atoms with van der Waals surface area (Å²) in [5.41, 5.74) is 1.73. The number of nitrogens with one attached hydrogen (secondary N) is 2. The maximum absolute atomic E-state index is 10.7. The second-order valence-electron chi connectivity index (χ2n) is 6.74. The van der Waals surface area contributed by atoms with E-state index in [1.54, 1.807) is 29.1 Å². The van der Waals surface area contributed by atoms with Crippen molar-refractivity contribution in [2.24, 2.45) is 12.0 Å². The van der Waals surface area contributed by atoms with Crippen molar-refractivity contribution < 1.29 is 5.11 Å². The number of rotatable bonds is 7. The molecule has 1 aromatic carbocycles. The van der Waals surface area contributed by atoms with Gasteiger partial charge in [-0.05, 0) is 13.8 Å². The molecule has 0 aliphatic heterocycles. The van der Waals surface area contributed by atoms with E-state index in [4.69, 9.17) is 0 Å². The number of benzene rings is 1. The van der Waals surface area contributed by atoms with Crippen LogP contribution in [0.4, 0.5) is 0 Å². The van der Waals surface area contributed by atoms with Gasteiger partial charge < -0.3 is 15.7 Å². The van der Waals surface area contributed by atoms with Crippen LogP contribution in [0.15, 0.2) is 53.1 Å². The molecule has 1 atom stereocenters. The van der Waals surface area contributed by atoms with E-state index in [1.807, 2.05) is 43.7 Å². The smallest absolute Gasteiger partial charge is 0.191 e. The molecular weight excluding hydrogens is 372 g/mol. The van der Waals surface area contributed by atoms with Gasteiger partial charge in [0.25, 0.3) is 0 Å². The van der Waals surface area contributed by atoms with Crippen LogP contribution in [0.5, 0.6) is 0 Å². The molecule has 1 unspecified atom stereocenters. The number of thiazole rings is 1. The van der Waals surface area contributed by atoms with Gasteiger partial charge in [-0.25, -0.2) is 9.98 Å². The normalized spacial score (nSPS) is 13.9. The second-order valence-corrected chi connectivity index (χ2v) is 7.59. The molecule has 0 aliphatic rings. The highest BCUT2D eigenvalue weighted by atomic mass is 32.1. The molecular formula is C20H26N6OS. The van der Waals surface area contributed by atoms with Crippen LogP contribution in [0.25, 0.3) is 10.6 Å². The summed E-state index contributed by atoms with van der Waals surface area (Å²) in [4.78, 5) is 9.27. The van der Waals surface area contributed by atoms with Gasteiger partial charge in [-0.2, -0.15) is 5.10 Å². The van der Waals surface area contributed by atoms with Crippen LogP contribution in [-0.2, 0) is 19.2 Å². The largest absolute Gasteiger partial charge is 0.383 e. The van der Waals surface area contributed by atoms with E-state index in [0.717, 1.165) is 28.4 Å². The minimum Gasteiger partial charge on any atom is -0.383 e. The van der Waals surface area contributed by atoms with Crippen molar-refractivity contribution in [2.75, 3.05) is 13.1 Å². The van der Waals surface area contributed by atoms with Crippen molar-refractivity contribution in [3.63, 3.8) is 0 Å². The van der Waals surface area contributed by atoms with Gasteiger partial charge in [-0.1, -0.05) is 30.3 Å². The van der Waals surface area contributed by atoms with E-state index in [9.17, 15) is 5.11 Å². The van der Waals surface area contributed by atoms with E-state index < -0.39 is 5.60 Å². The first-order chi connectivity index (χ1) is 13.5. The zero-order valence-corrected chi connectivity index (χ0v) is 17.2. The molecule has 0 aliphatic carbocycles. The van der Waals surface area contributed by atoms with Crippen molar-refractivity contribution in [2.45, 2.75) is 26.0 Å². The van der Waals surface area contributed by atoms with Gasteiger partial charge in [0.15, 0.2) is 5.96 Å². The molecule has 0 saturated heterocycles. The summed E-state index contributed by atoms with van der Waals surface area (Å²) in [6, 6.07) is 10.1. The third-order valence-electron chi connectivity index (χ3n) is 4.24. The third kappa shape index (κ3) is 5.17. The number of hydrogen-bond donors (Lipinski definition) is 3. The zero-order chi connectivity index (χ0) is 20.0.